The van der Waals surface area contributed by atoms with Crippen molar-refractivity contribution in [2.24, 2.45) is 0 Å². The first-order chi connectivity index (χ1) is 16.2. The molecule has 0 radical (unpaired) electrons. The van der Waals surface area contributed by atoms with Crippen LogP contribution in [0, 0.1) is 17.0 Å². The Bertz CT molecular complexity index is 1210. The number of hydrogen-bond donors (Lipinski definition) is 2. The van der Waals surface area contributed by atoms with Gasteiger partial charge in [0, 0.05) is 30.8 Å². The summed E-state index contributed by atoms with van der Waals surface area (Å²) >= 11 is 0. The fourth-order valence-electron chi connectivity index (χ4n) is 3.10. The molecule has 0 saturated heterocycles. The Morgan fingerprint density at radius 1 is 1.06 bits per heavy atom. The molecule has 0 aliphatic carbocycles. The Balaban J connectivity index is 1.89. The van der Waals surface area contributed by atoms with Gasteiger partial charge in [-0.05, 0) is 51.4 Å². The average molecular weight is 463 g/mol. The van der Waals surface area contributed by atoms with E-state index in [1.54, 1.807) is 54.6 Å². The summed E-state index contributed by atoms with van der Waals surface area (Å²) in [4.78, 5) is 38.3. The van der Waals surface area contributed by atoms with Crippen molar-refractivity contribution in [1.29, 1.82) is 0 Å². The minimum atomic E-state index is -0.487. The molecule has 0 fully saturated rings. The number of furan rings is 1. The van der Waals surface area contributed by atoms with Gasteiger partial charge in [-0.3, -0.25) is 19.7 Å². The van der Waals surface area contributed by atoms with Crippen molar-refractivity contribution in [3.05, 3.63) is 93.4 Å². The van der Waals surface area contributed by atoms with Gasteiger partial charge in [0.25, 0.3) is 17.5 Å². The molecule has 34 heavy (non-hydrogen) atoms. The van der Waals surface area contributed by atoms with Gasteiger partial charge in [0.15, 0.2) is 0 Å². The maximum absolute atomic E-state index is 12.8. The average Bonchev–Trinajstić information content (AvgIpc) is 3.27. The van der Waals surface area contributed by atoms with Crippen LogP contribution in [0.3, 0.4) is 0 Å². The molecule has 0 spiro atoms. The standard InChI is InChI=1S/C25H26N4O5/c1-17-8-10-18(11-9-17)24(30)27-21(25(31)26-14-15-28(2)3)16-19-12-13-23(34-19)20-6-4-5-7-22(20)29(32)33/h4-13,16H,14-15H2,1-3H3,(H,26,31)(H,27,30). The predicted octanol–water partition coefficient (Wildman–Crippen LogP) is 3.61. The summed E-state index contributed by atoms with van der Waals surface area (Å²) in [7, 11) is 3.77. The van der Waals surface area contributed by atoms with Gasteiger partial charge in [-0.1, -0.05) is 29.8 Å². The van der Waals surface area contributed by atoms with Crippen molar-refractivity contribution in [3.8, 4) is 11.3 Å². The first-order valence-electron chi connectivity index (χ1n) is 10.6. The van der Waals surface area contributed by atoms with Crippen molar-refractivity contribution >= 4 is 23.6 Å². The second-order valence-electron chi connectivity index (χ2n) is 7.91. The lowest BCUT2D eigenvalue weighted by molar-refractivity contribution is -0.384. The van der Waals surface area contributed by atoms with E-state index >= 15 is 0 Å². The zero-order valence-corrected chi connectivity index (χ0v) is 19.2. The van der Waals surface area contributed by atoms with E-state index in [0.717, 1.165) is 5.56 Å². The number of aryl methyl sites for hydroxylation is 1. The van der Waals surface area contributed by atoms with E-state index in [1.807, 2.05) is 25.9 Å². The first-order valence-corrected chi connectivity index (χ1v) is 10.6. The summed E-state index contributed by atoms with van der Waals surface area (Å²) in [5, 5.41) is 16.8. The zero-order chi connectivity index (χ0) is 24.7. The molecule has 9 nitrogen and oxygen atoms in total. The quantitative estimate of drug-likeness (QED) is 0.285. The predicted molar refractivity (Wildman–Crippen MR) is 129 cm³/mol. The highest BCUT2D eigenvalue weighted by molar-refractivity contribution is 6.05. The lowest BCUT2D eigenvalue weighted by Gasteiger charge is -2.13. The number of likely N-dealkylation sites (N-methyl/N-ethyl adjacent to an activating group) is 1. The molecule has 0 aliphatic heterocycles. The first kappa shape index (κ1) is 24.4. The number of nitro groups is 1. The summed E-state index contributed by atoms with van der Waals surface area (Å²) < 4.78 is 5.77. The summed E-state index contributed by atoms with van der Waals surface area (Å²) in [6.07, 6.45) is 1.40. The lowest BCUT2D eigenvalue weighted by atomic mass is 10.1. The Morgan fingerprint density at radius 2 is 1.76 bits per heavy atom. The molecule has 0 bridgehead atoms. The van der Waals surface area contributed by atoms with Crippen LogP contribution in [0.4, 0.5) is 5.69 Å². The van der Waals surface area contributed by atoms with Crippen LogP contribution in [0.15, 0.2) is 70.8 Å². The van der Waals surface area contributed by atoms with Crippen molar-refractivity contribution in [2.45, 2.75) is 6.92 Å². The second-order valence-corrected chi connectivity index (χ2v) is 7.91. The molecular formula is C25H26N4O5. The number of nitrogens with one attached hydrogen (secondary N) is 2. The normalized spacial score (nSPS) is 11.4. The number of para-hydroxylation sites is 1. The van der Waals surface area contributed by atoms with Gasteiger partial charge in [-0.25, -0.2) is 0 Å². The molecule has 1 heterocycles. The van der Waals surface area contributed by atoms with Crippen molar-refractivity contribution in [1.82, 2.24) is 15.5 Å². The van der Waals surface area contributed by atoms with Gasteiger partial charge in [-0.15, -0.1) is 0 Å². The molecule has 3 rings (SSSR count). The van der Waals surface area contributed by atoms with Crippen molar-refractivity contribution in [2.75, 3.05) is 27.2 Å². The molecular weight excluding hydrogens is 436 g/mol. The van der Waals surface area contributed by atoms with E-state index in [2.05, 4.69) is 10.6 Å². The maximum Gasteiger partial charge on any atom is 0.280 e. The fraction of sp³-hybridized carbons (Fsp3) is 0.200. The minimum Gasteiger partial charge on any atom is -0.456 e. The third-order valence-electron chi connectivity index (χ3n) is 4.93. The van der Waals surface area contributed by atoms with E-state index in [0.29, 0.717) is 24.2 Å². The zero-order valence-electron chi connectivity index (χ0n) is 19.2. The Labute approximate surface area is 197 Å². The van der Waals surface area contributed by atoms with Gasteiger partial charge >= 0.3 is 0 Å². The SMILES string of the molecule is Cc1ccc(C(=O)NC(=Cc2ccc(-c3ccccc3[N+](=O)[O-])o2)C(=O)NCCN(C)C)cc1. The van der Waals surface area contributed by atoms with E-state index in [9.17, 15) is 19.7 Å². The number of amides is 2. The third-order valence-corrected chi connectivity index (χ3v) is 4.93. The van der Waals surface area contributed by atoms with Crippen LogP contribution < -0.4 is 10.6 Å². The largest absolute Gasteiger partial charge is 0.456 e. The summed E-state index contributed by atoms with van der Waals surface area (Å²) in [6, 6.07) is 16.3. The van der Waals surface area contributed by atoms with Gasteiger partial charge in [0.05, 0.1) is 10.5 Å². The van der Waals surface area contributed by atoms with Gasteiger partial charge < -0.3 is 20.0 Å². The van der Waals surface area contributed by atoms with E-state index in [4.69, 9.17) is 4.42 Å². The smallest absolute Gasteiger partial charge is 0.280 e. The van der Waals surface area contributed by atoms with Crippen molar-refractivity contribution < 1.29 is 18.9 Å². The third kappa shape index (κ3) is 6.39. The summed E-state index contributed by atoms with van der Waals surface area (Å²) in [5.74, 6) is -0.392. The Hall–Kier alpha value is -4.24. The van der Waals surface area contributed by atoms with Crippen LogP contribution in [0.1, 0.15) is 21.7 Å². The monoisotopic (exact) mass is 462 g/mol. The molecule has 9 heteroatoms. The molecule has 0 aliphatic rings. The van der Waals surface area contributed by atoms with Crippen LogP contribution in [0.5, 0.6) is 0 Å². The number of nitrogens with zero attached hydrogens (tertiary/aromatic N) is 2. The highest BCUT2D eigenvalue weighted by Crippen LogP contribution is 2.31. The topological polar surface area (TPSA) is 118 Å². The number of carbonyl (C=O) groups is 2. The molecule has 176 valence electrons. The molecule has 2 aromatic carbocycles. The highest BCUT2D eigenvalue weighted by atomic mass is 16.6. The number of benzene rings is 2. The van der Waals surface area contributed by atoms with Crippen LogP contribution in [-0.4, -0.2) is 48.8 Å². The van der Waals surface area contributed by atoms with E-state index in [1.165, 1.54) is 12.1 Å². The molecule has 0 atom stereocenters. The molecule has 2 N–H and O–H groups in total. The Morgan fingerprint density at radius 3 is 2.44 bits per heavy atom. The Kier molecular flexibility index (Phi) is 7.94. The van der Waals surface area contributed by atoms with Crippen LogP contribution in [-0.2, 0) is 4.79 Å². The summed E-state index contributed by atoms with van der Waals surface area (Å²) in [5.41, 5.74) is 1.62. The molecule has 2 amide bonds. The highest BCUT2D eigenvalue weighted by Gasteiger charge is 2.19. The van der Waals surface area contributed by atoms with Gasteiger partial charge in [0.2, 0.25) is 0 Å². The molecule has 3 aromatic rings. The van der Waals surface area contributed by atoms with Gasteiger partial charge in [0.1, 0.15) is 17.2 Å². The lowest BCUT2D eigenvalue weighted by Crippen LogP contribution is -2.37. The van der Waals surface area contributed by atoms with E-state index in [-0.39, 0.29) is 22.9 Å². The van der Waals surface area contributed by atoms with Crippen LogP contribution in [0.2, 0.25) is 0 Å². The minimum absolute atomic E-state index is 0.00667. The van der Waals surface area contributed by atoms with Gasteiger partial charge in [-0.2, -0.15) is 0 Å². The number of nitro benzene ring substituents is 1. The number of carbonyl (C=O) groups excluding carboxylic acids is 2. The van der Waals surface area contributed by atoms with E-state index < -0.39 is 16.7 Å². The molecule has 0 unspecified atom stereocenters. The van der Waals surface area contributed by atoms with Crippen LogP contribution >= 0.6 is 0 Å². The number of hydrogen-bond acceptors (Lipinski definition) is 6. The second kappa shape index (κ2) is 11.1. The number of rotatable bonds is 9. The molecule has 0 saturated carbocycles. The summed E-state index contributed by atoms with van der Waals surface area (Å²) in [6.45, 7) is 2.91. The maximum atomic E-state index is 12.8. The van der Waals surface area contributed by atoms with Crippen LogP contribution in [0.25, 0.3) is 17.4 Å². The fourth-order valence-corrected chi connectivity index (χ4v) is 3.10. The van der Waals surface area contributed by atoms with Crippen molar-refractivity contribution in [3.63, 3.8) is 0 Å². The molecule has 1 aromatic heterocycles.